The highest BCUT2D eigenvalue weighted by atomic mass is 32.2. The van der Waals surface area contributed by atoms with Crippen LogP contribution in [-0.4, -0.2) is 38.1 Å². The van der Waals surface area contributed by atoms with E-state index < -0.39 is 22.6 Å². The number of furan rings is 1. The summed E-state index contributed by atoms with van der Waals surface area (Å²) in [4.78, 5) is 23.9. The standard InChI is InChI=1S/C21H21NO7S/c1-4-16-20(15-7-6-14(10-18(15)29-16)22-30(3,26)27)21(25)13-5-8-17(12(2)9-13)28-11-19(23)24/h5-10,22H,4,11H2,1-3H3,(H,23,24). The Bertz CT molecular complexity index is 1240. The van der Waals surface area contributed by atoms with Gasteiger partial charge >= 0.3 is 5.97 Å². The van der Waals surface area contributed by atoms with Crippen LogP contribution in [0, 0.1) is 6.92 Å². The second-order valence-corrected chi connectivity index (χ2v) is 8.58. The zero-order chi connectivity index (χ0) is 22.1. The van der Waals surface area contributed by atoms with Crippen LogP contribution in [0.2, 0.25) is 0 Å². The van der Waals surface area contributed by atoms with Crippen molar-refractivity contribution in [3.8, 4) is 5.75 Å². The molecule has 0 aliphatic rings. The van der Waals surface area contributed by atoms with E-state index in [9.17, 15) is 18.0 Å². The first-order chi connectivity index (χ1) is 14.1. The lowest BCUT2D eigenvalue weighted by Crippen LogP contribution is -2.10. The molecule has 0 radical (unpaired) electrons. The van der Waals surface area contributed by atoms with E-state index in [1.165, 1.54) is 0 Å². The van der Waals surface area contributed by atoms with Crippen LogP contribution in [0.1, 0.15) is 34.2 Å². The SMILES string of the molecule is CCc1oc2cc(NS(C)(=O)=O)ccc2c1C(=O)c1ccc(OCC(=O)O)c(C)c1. The predicted octanol–water partition coefficient (Wildman–Crippen LogP) is 3.37. The summed E-state index contributed by atoms with van der Waals surface area (Å²) in [6.07, 6.45) is 1.53. The molecule has 0 fully saturated rings. The van der Waals surface area contributed by atoms with Crippen molar-refractivity contribution in [3.63, 3.8) is 0 Å². The van der Waals surface area contributed by atoms with E-state index in [0.717, 1.165) is 6.26 Å². The monoisotopic (exact) mass is 431 g/mol. The van der Waals surface area contributed by atoms with E-state index in [4.69, 9.17) is 14.3 Å². The van der Waals surface area contributed by atoms with E-state index in [0.29, 0.717) is 51.3 Å². The molecule has 8 nitrogen and oxygen atoms in total. The number of fused-ring (bicyclic) bond motifs is 1. The smallest absolute Gasteiger partial charge is 0.341 e. The normalized spacial score (nSPS) is 11.4. The molecule has 30 heavy (non-hydrogen) atoms. The van der Waals surface area contributed by atoms with Crippen molar-refractivity contribution >= 4 is 38.4 Å². The molecule has 0 spiro atoms. The molecule has 2 N–H and O–H groups in total. The maximum Gasteiger partial charge on any atom is 0.341 e. The maximum absolute atomic E-state index is 13.2. The van der Waals surface area contributed by atoms with E-state index in [2.05, 4.69) is 4.72 Å². The topological polar surface area (TPSA) is 123 Å². The van der Waals surface area contributed by atoms with E-state index in [-0.39, 0.29) is 5.78 Å². The van der Waals surface area contributed by atoms with Gasteiger partial charge in [-0.2, -0.15) is 0 Å². The Labute approximate surface area is 173 Å². The van der Waals surface area contributed by atoms with Crippen molar-refractivity contribution in [1.82, 2.24) is 0 Å². The summed E-state index contributed by atoms with van der Waals surface area (Å²) >= 11 is 0. The quantitative estimate of drug-likeness (QED) is 0.524. The molecule has 3 aromatic rings. The number of sulfonamides is 1. The molecule has 3 rings (SSSR count). The number of aliphatic carboxylic acids is 1. The van der Waals surface area contributed by atoms with Gasteiger partial charge in [0, 0.05) is 23.4 Å². The lowest BCUT2D eigenvalue weighted by molar-refractivity contribution is -0.139. The Morgan fingerprint density at radius 1 is 1.17 bits per heavy atom. The van der Waals surface area contributed by atoms with E-state index >= 15 is 0 Å². The molecule has 1 aromatic heterocycles. The van der Waals surface area contributed by atoms with Crippen LogP contribution in [0.15, 0.2) is 40.8 Å². The number of hydrogen-bond acceptors (Lipinski definition) is 6. The first-order valence-electron chi connectivity index (χ1n) is 9.12. The number of benzene rings is 2. The van der Waals surface area contributed by atoms with Gasteiger partial charge in [-0.05, 0) is 42.8 Å². The van der Waals surface area contributed by atoms with Crippen molar-refractivity contribution in [2.24, 2.45) is 0 Å². The highest BCUT2D eigenvalue weighted by Gasteiger charge is 2.22. The summed E-state index contributed by atoms with van der Waals surface area (Å²) in [7, 11) is -3.44. The lowest BCUT2D eigenvalue weighted by Gasteiger charge is -2.09. The molecular weight excluding hydrogens is 410 g/mol. The fourth-order valence-electron chi connectivity index (χ4n) is 3.16. The zero-order valence-electron chi connectivity index (χ0n) is 16.7. The van der Waals surface area contributed by atoms with Gasteiger partial charge in [0.1, 0.15) is 17.1 Å². The van der Waals surface area contributed by atoms with Gasteiger partial charge in [-0.15, -0.1) is 0 Å². The van der Waals surface area contributed by atoms with Crippen LogP contribution in [0.4, 0.5) is 5.69 Å². The molecule has 0 atom stereocenters. The minimum absolute atomic E-state index is 0.248. The molecule has 0 saturated carbocycles. The molecule has 0 bridgehead atoms. The van der Waals surface area contributed by atoms with Crippen LogP contribution in [0.3, 0.4) is 0 Å². The van der Waals surface area contributed by atoms with Gasteiger partial charge in [-0.3, -0.25) is 9.52 Å². The first kappa shape index (κ1) is 21.4. The molecular formula is C21H21NO7S. The molecule has 0 aliphatic heterocycles. The van der Waals surface area contributed by atoms with Gasteiger partial charge in [-0.25, -0.2) is 13.2 Å². The van der Waals surface area contributed by atoms with Crippen LogP contribution >= 0.6 is 0 Å². The molecule has 0 amide bonds. The van der Waals surface area contributed by atoms with Crippen molar-refractivity contribution in [3.05, 3.63) is 58.8 Å². The minimum atomic E-state index is -3.44. The average molecular weight is 431 g/mol. The van der Waals surface area contributed by atoms with Crippen molar-refractivity contribution < 1.29 is 32.3 Å². The number of carbonyl (C=O) groups is 2. The second-order valence-electron chi connectivity index (χ2n) is 6.83. The van der Waals surface area contributed by atoms with Gasteiger partial charge in [0.15, 0.2) is 12.4 Å². The summed E-state index contributed by atoms with van der Waals surface area (Å²) < 4.78 is 36.3. The number of ether oxygens (including phenoxy) is 1. The number of ketones is 1. The van der Waals surface area contributed by atoms with Gasteiger partial charge < -0.3 is 14.3 Å². The van der Waals surface area contributed by atoms with Crippen molar-refractivity contribution in [2.45, 2.75) is 20.3 Å². The molecule has 9 heteroatoms. The third kappa shape index (κ3) is 4.62. The van der Waals surface area contributed by atoms with Crippen molar-refractivity contribution in [1.29, 1.82) is 0 Å². The summed E-state index contributed by atoms with van der Waals surface area (Å²) in [5.41, 5.74) is 2.20. The summed E-state index contributed by atoms with van der Waals surface area (Å²) in [6.45, 7) is 3.12. The maximum atomic E-state index is 13.2. The van der Waals surface area contributed by atoms with Crippen LogP contribution in [-0.2, 0) is 21.2 Å². The number of carboxylic acid groups (broad SMARTS) is 1. The van der Waals surface area contributed by atoms with E-state index in [1.54, 1.807) is 43.3 Å². The van der Waals surface area contributed by atoms with Gasteiger partial charge in [-0.1, -0.05) is 6.92 Å². The van der Waals surface area contributed by atoms with E-state index in [1.807, 2.05) is 6.92 Å². The number of hydrogen-bond donors (Lipinski definition) is 2. The summed E-state index contributed by atoms with van der Waals surface area (Å²) in [5.74, 6) is -0.451. The lowest BCUT2D eigenvalue weighted by atomic mass is 9.98. The van der Waals surface area contributed by atoms with Gasteiger partial charge in [0.25, 0.3) is 0 Å². The molecule has 1 heterocycles. The summed E-state index contributed by atoms with van der Waals surface area (Å²) in [6, 6.07) is 9.54. The third-order valence-electron chi connectivity index (χ3n) is 4.40. The number of aryl methyl sites for hydroxylation is 2. The minimum Gasteiger partial charge on any atom is -0.482 e. The summed E-state index contributed by atoms with van der Waals surface area (Å²) in [5, 5.41) is 9.33. The molecule has 0 aliphatic carbocycles. The molecule has 2 aromatic carbocycles. The fraction of sp³-hybridized carbons (Fsp3) is 0.238. The first-order valence-corrected chi connectivity index (χ1v) is 11.0. The Balaban J connectivity index is 2.00. The number of carbonyl (C=O) groups excluding carboxylic acids is 1. The molecule has 158 valence electrons. The number of anilines is 1. The van der Waals surface area contributed by atoms with Crippen LogP contribution < -0.4 is 9.46 Å². The highest BCUT2D eigenvalue weighted by molar-refractivity contribution is 7.92. The largest absolute Gasteiger partial charge is 0.482 e. The number of rotatable bonds is 8. The third-order valence-corrected chi connectivity index (χ3v) is 5.01. The van der Waals surface area contributed by atoms with Gasteiger partial charge in [0.2, 0.25) is 10.0 Å². The highest BCUT2D eigenvalue weighted by Crippen LogP contribution is 2.32. The van der Waals surface area contributed by atoms with Crippen molar-refractivity contribution in [2.75, 3.05) is 17.6 Å². The Morgan fingerprint density at radius 3 is 2.50 bits per heavy atom. The Kier molecular flexibility index (Phi) is 5.84. The van der Waals surface area contributed by atoms with Gasteiger partial charge in [0.05, 0.1) is 17.5 Å². The zero-order valence-corrected chi connectivity index (χ0v) is 17.5. The fourth-order valence-corrected chi connectivity index (χ4v) is 3.71. The number of nitrogens with one attached hydrogen (secondary N) is 1. The van der Waals surface area contributed by atoms with Crippen LogP contribution in [0.25, 0.3) is 11.0 Å². The average Bonchev–Trinajstić information content (AvgIpc) is 3.02. The Hall–Kier alpha value is -3.33. The van der Waals surface area contributed by atoms with Crippen LogP contribution in [0.5, 0.6) is 5.75 Å². The second kappa shape index (κ2) is 8.19. The Morgan fingerprint density at radius 2 is 1.90 bits per heavy atom. The number of carboxylic acids is 1. The molecule has 0 saturated heterocycles. The predicted molar refractivity (Wildman–Crippen MR) is 112 cm³/mol. The molecule has 0 unspecified atom stereocenters.